The first-order valence-corrected chi connectivity index (χ1v) is 8.51. The summed E-state index contributed by atoms with van der Waals surface area (Å²) in [5, 5.41) is 4.93. The second kappa shape index (κ2) is 9.67. The molecule has 2 rings (SSSR count). The highest BCUT2D eigenvalue weighted by atomic mass is 79.9. The maximum absolute atomic E-state index is 13.6. The molecule has 0 saturated heterocycles. The van der Waals surface area contributed by atoms with Crippen LogP contribution in [0.25, 0.3) is 0 Å². The van der Waals surface area contributed by atoms with Gasteiger partial charge in [0.1, 0.15) is 0 Å². The van der Waals surface area contributed by atoms with Gasteiger partial charge in [0, 0.05) is 4.47 Å². The standard InChI is InChI=1S/C18H16BrFN2O5/c1-26-15-7-6-11(8-13(15)20)18(25)27-10-17(24)21-9-16(23)22-14-5-3-2-4-12(14)19/h2-8H,9-10H2,1H3,(H,21,24)(H,22,23). The lowest BCUT2D eigenvalue weighted by Crippen LogP contribution is -2.35. The predicted octanol–water partition coefficient (Wildman–Crippen LogP) is 2.51. The van der Waals surface area contributed by atoms with Gasteiger partial charge >= 0.3 is 5.97 Å². The highest BCUT2D eigenvalue weighted by Crippen LogP contribution is 2.21. The van der Waals surface area contributed by atoms with E-state index in [2.05, 4.69) is 26.6 Å². The normalized spacial score (nSPS) is 10.0. The first kappa shape index (κ1) is 20.4. The predicted molar refractivity (Wildman–Crippen MR) is 99.0 cm³/mol. The molecule has 2 N–H and O–H groups in total. The van der Waals surface area contributed by atoms with Crippen LogP contribution in [-0.4, -0.2) is 38.0 Å². The van der Waals surface area contributed by atoms with E-state index in [9.17, 15) is 18.8 Å². The molecule has 0 bridgehead atoms. The Balaban J connectivity index is 1.77. The van der Waals surface area contributed by atoms with E-state index in [1.54, 1.807) is 24.3 Å². The molecule has 9 heteroatoms. The number of carbonyl (C=O) groups excluding carboxylic acids is 3. The maximum atomic E-state index is 13.6. The van der Waals surface area contributed by atoms with E-state index in [4.69, 9.17) is 9.47 Å². The number of esters is 1. The molecule has 2 amide bonds. The number of benzene rings is 2. The van der Waals surface area contributed by atoms with E-state index < -0.39 is 30.2 Å². The molecular formula is C18H16BrFN2O5. The lowest BCUT2D eigenvalue weighted by Gasteiger charge is -2.09. The Morgan fingerprint density at radius 2 is 1.85 bits per heavy atom. The van der Waals surface area contributed by atoms with Gasteiger partial charge in [-0.2, -0.15) is 0 Å². The van der Waals surface area contributed by atoms with Gasteiger partial charge in [0.05, 0.1) is 24.9 Å². The van der Waals surface area contributed by atoms with Crippen LogP contribution in [0.1, 0.15) is 10.4 Å². The van der Waals surface area contributed by atoms with Crippen LogP contribution in [-0.2, 0) is 14.3 Å². The number of halogens is 2. The van der Waals surface area contributed by atoms with Gasteiger partial charge in [-0.3, -0.25) is 9.59 Å². The lowest BCUT2D eigenvalue weighted by atomic mass is 10.2. The number of carbonyl (C=O) groups is 3. The molecule has 27 heavy (non-hydrogen) atoms. The molecule has 0 aliphatic heterocycles. The third-order valence-corrected chi connectivity index (χ3v) is 4.01. The number of anilines is 1. The molecule has 0 heterocycles. The number of para-hydroxylation sites is 1. The number of methoxy groups -OCH3 is 1. The first-order chi connectivity index (χ1) is 12.9. The Kier molecular flexibility index (Phi) is 7.30. The highest BCUT2D eigenvalue weighted by molar-refractivity contribution is 9.10. The SMILES string of the molecule is COc1ccc(C(=O)OCC(=O)NCC(=O)Nc2ccccc2Br)cc1F. The molecule has 2 aromatic rings. The molecule has 0 unspecified atom stereocenters. The average molecular weight is 439 g/mol. The molecule has 142 valence electrons. The van der Waals surface area contributed by atoms with Gasteiger partial charge in [0.25, 0.3) is 5.91 Å². The summed E-state index contributed by atoms with van der Waals surface area (Å²) in [5.41, 5.74) is 0.498. The van der Waals surface area contributed by atoms with Gasteiger partial charge in [-0.1, -0.05) is 12.1 Å². The Hall–Kier alpha value is -2.94. The first-order valence-electron chi connectivity index (χ1n) is 7.72. The third-order valence-electron chi connectivity index (χ3n) is 3.32. The summed E-state index contributed by atoms with van der Waals surface area (Å²) in [6.45, 7) is -0.899. The number of rotatable bonds is 7. The Morgan fingerprint density at radius 3 is 2.52 bits per heavy atom. The molecule has 0 radical (unpaired) electrons. The molecule has 0 saturated carbocycles. The van der Waals surface area contributed by atoms with E-state index >= 15 is 0 Å². The van der Waals surface area contributed by atoms with Crippen LogP contribution in [0.3, 0.4) is 0 Å². The second-order valence-electron chi connectivity index (χ2n) is 5.23. The number of hydrogen-bond acceptors (Lipinski definition) is 5. The van der Waals surface area contributed by atoms with E-state index in [0.717, 1.165) is 6.07 Å². The van der Waals surface area contributed by atoms with Crippen molar-refractivity contribution in [3.05, 3.63) is 58.3 Å². The van der Waals surface area contributed by atoms with Crippen molar-refractivity contribution in [2.24, 2.45) is 0 Å². The Labute approximate surface area is 163 Å². The third kappa shape index (κ3) is 6.07. The molecule has 0 atom stereocenters. The minimum atomic E-state index is -0.871. The minimum Gasteiger partial charge on any atom is -0.494 e. The van der Waals surface area contributed by atoms with Crippen molar-refractivity contribution in [1.82, 2.24) is 5.32 Å². The van der Waals surface area contributed by atoms with Crippen molar-refractivity contribution in [1.29, 1.82) is 0 Å². The summed E-state index contributed by atoms with van der Waals surface area (Å²) >= 11 is 3.29. The van der Waals surface area contributed by atoms with Gasteiger partial charge in [0.2, 0.25) is 5.91 Å². The lowest BCUT2D eigenvalue weighted by molar-refractivity contribution is -0.126. The van der Waals surface area contributed by atoms with Crippen molar-refractivity contribution in [2.45, 2.75) is 0 Å². The zero-order valence-electron chi connectivity index (χ0n) is 14.3. The van der Waals surface area contributed by atoms with Gasteiger partial charge in [-0.15, -0.1) is 0 Å². The quantitative estimate of drug-likeness (QED) is 0.647. The number of hydrogen-bond donors (Lipinski definition) is 2. The van der Waals surface area contributed by atoms with Crippen molar-refractivity contribution in [3.63, 3.8) is 0 Å². The van der Waals surface area contributed by atoms with Gasteiger partial charge in [-0.25, -0.2) is 9.18 Å². The summed E-state index contributed by atoms with van der Waals surface area (Å²) in [6.07, 6.45) is 0. The van der Waals surface area contributed by atoms with Crippen LogP contribution < -0.4 is 15.4 Å². The molecule has 2 aromatic carbocycles. The molecule has 0 aromatic heterocycles. The molecule has 0 fully saturated rings. The summed E-state index contributed by atoms with van der Waals surface area (Å²) in [5.74, 6) is -2.72. The molecule has 0 aliphatic carbocycles. The highest BCUT2D eigenvalue weighted by Gasteiger charge is 2.14. The van der Waals surface area contributed by atoms with Crippen LogP contribution in [0.5, 0.6) is 5.75 Å². The van der Waals surface area contributed by atoms with Crippen LogP contribution >= 0.6 is 15.9 Å². The Morgan fingerprint density at radius 1 is 1.11 bits per heavy atom. The Bertz CT molecular complexity index is 859. The van der Waals surface area contributed by atoms with Gasteiger partial charge < -0.3 is 20.1 Å². The number of ether oxygens (including phenoxy) is 2. The summed E-state index contributed by atoms with van der Waals surface area (Å²) < 4.78 is 23.8. The van der Waals surface area contributed by atoms with Crippen molar-refractivity contribution in [2.75, 3.05) is 25.6 Å². The van der Waals surface area contributed by atoms with Crippen LogP contribution in [0.4, 0.5) is 10.1 Å². The van der Waals surface area contributed by atoms with Crippen molar-refractivity contribution < 1.29 is 28.2 Å². The van der Waals surface area contributed by atoms with E-state index in [1.807, 2.05) is 0 Å². The fourth-order valence-corrected chi connectivity index (χ4v) is 2.38. The van der Waals surface area contributed by atoms with E-state index in [1.165, 1.54) is 19.2 Å². The molecular weight excluding hydrogens is 423 g/mol. The number of nitrogens with one attached hydrogen (secondary N) is 2. The van der Waals surface area contributed by atoms with Crippen LogP contribution in [0, 0.1) is 5.82 Å². The zero-order valence-corrected chi connectivity index (χ0v) is 15.8. The molecule has 0 aliphatic rings. The minimum absolute atomic E-state index is 0.0136. The maximum Gasteiger partial charge on any atom is 0.338 e. The van der Waals surface area contributed by atoms with Gasteiger partial charge in [-0.05, 0) is 46.3 Å². The van der Waals surface area contributed by atoms with Crippen molar-refractivity contribution >= 4 is 39.4 Å². The largest absolute Gasteiger partial charge is 0.494 e. The summed E-state index contributed by atoms with van der Waals surface area (Å²) in [7, 11) is 1.30. The van der Waals surface area contributed by atoms with Crippen molar-refractivity contribution in [3.8, 4) is 5.75 Å². The summed E-state index contributed by atoms with van der Waals surface area (Å²) in [6, 6.07) is 10.5. The average Bonchev–Trinajstić information content (AvgIpc) is 2.66. The molecule has 7 nitrogen and oxygen atoms in total. The smallest absolute Gasteiger partial charge is 0.338 e. The topological polar surface area (TPSA) is 93.7 Å². The summed E-state index contributed by atoms with van der Waals surface area (Å²) in [4.78, 5) is 35.3. The second-order valence-corrected chi connectivity index (χ2v) is 6.08. The van der Waals surface area contributed by atoms with E-state index in [-0.39, 0.29) is 17.9 Å². The number of amides is 2. The molecule has 0 spiro atoms. The van der Waals surface area contributed by atoms with Crippen LogP contribution in [0.2, 0.25) is 0 Å². The zero-order chi connectivity index (χ0) is 19.8. The fourth-order valence-electron chi connectivity index (χ4n) is 1.99. The van der Waals surface area contributed by atoms with Crippen LogP contribution in [0.15, 0.2) is 46.9 Å². The van der Waals surface area contributed by atoms with Gasteiger partial charge in [0.15, 0.2) is 18.2 Å². The van der Waals surface area contributed by atoms with E-state index in [0.29, 0.717) is 10.2 Å². The monoisotopic (exact) mass is 438 g/mol. The fraction of sp³-hybridized carbons (Fsp3) is 0.167.